The molecular weight excluding hydrogens is 178 g/mol. The van der Waals surface area contributed by atoms with Gasteiger partial charge in [-0.3, -0.25) is 0 Å². The van der Waals surface area contributed by atoms with Crippen molar-refractivity contribution >= 4 is 5.69 Å². The summed E-state index contributed by atoms with van der Waals surface area (Å²) in [6, 6.07) is 5.51. The van der Waals surface area contributed by atoms with Gasteiger partial charge in [0.15, 0.2) is 11.5 Å². The number of nitrogens with zero attached hydrogens (tertiary/aromatic N) is 1. The van der Waals surface area contributed by atoms with Gasteiger partial charge in [0, 0.05) is 24.8 Å². The van der Waals surface area contributed by atoms with E-state index in [9.17, 15) is 5.11 Å². The average Bonchev–Trinajstić information content (AvgIpc) is 2.71. The highest BCUT2D eigenvalue weighted by molar-refractivity contribution is 5.56. The standard InChI is InChI=1S/C11H15NO2/c1-14-11-8-9(4-5-10(11)13)12-6-2-3-7-12/h4-5,8,13H,2-3,6-7H2,1H3. The van der Waals surface area contributed by atoms with Crippen LogP contribution in [0.15, 0.2) is 18.2 Å². The molecule has 1 saturated heterocycles. The third kappa shape index (κ3) is 1.62. The number of phenols is 1. The lowest BCUT2D eigenvalue weighted by molar-refractivity contribution is 0.373. The van der Waals surface area contributed by atoms with Crippen molar-refractivity contribution in [2.45, 2.75) is 12.8 Å². The van der Waals surface area contributed by atoms with Crippen molar-refractivity contribution in [3.05, 3.63) is 18.2 Å². The predicted octanol–water partition coefficient (Wildman–Crippen LogP) is 2.00. The SMILES string of the molecule is COc1cc(N2CCCC2)ccc1O. The molecular formula is C11H15NO2. The van der Waals surface area contributed by atoms with Crippen LogP contribution in [0.25, 0.3) is 0 Å². The number of anilines is 1. The Hall–Kier alpha value is -1.38. The van der Waals surface area contributed by atoms with Crippen LogP contribution in [0.2, 0.25) is 0 Å². The van der Waals surface area contributed by atoms with Gasteiger partial charge in [-0.1, -0.05) is 0 Å². The second-order valence-electron chi connectivity index (χ2n) is 3.55. The highest BCUT2D eigenvalue weighted by atomic mass is 16.5. The zero-order chi connectivity index (χ0) is 9.97. The molecule has 1 N–H and O–H groups in total. The zero-order valence-corrected chi connectivity index (χ0v) is 8.36. The molecule has 3 nitrogen and oxygen atoms in total. The van der Waals surface area contributed by atoms with Crippen molar-refractivity contribution in [1.82, 2.24) is 0 Å². The van der Waals surface area contributed by atoms with E-state index in [1.54, 1.807) is 13.2 Å². The highest BCUT2D eigenvalue weighted by Crippen LogP contribution is 2.31. The Morgan fingerprint density at radius 1 is 1.29 bits per heavy atom. The first-order valence-electron chi connectivity index (χ1n) is 4.93. The van der Waals surface area contributed by atoms with Crippen LogP contribution < -0.4 is 9.64 Å². The van der Waals surface area contributed by atoms with E-state index in [1.165, 1.54) is 12.8 Å². The fraction of sp³-hybridized carbons (Fsp3) is 0.455. The summed E-state index contributed by atoms with van der Waals surface area (Å²) >= 11 is 0. The molecule has 0 atom stereocenters. The number of hydrogen-bond acceptors (Lipinski definition) is 3. The molecule has 1 aromatic carbocycles. The third-order valence-electron chi connectivity index (χ3n) is 2.63. The molecule has 0 spiro atoms. The summed E-state index contributed by atoms with van der Waals surface area (Å²) in [4.78, 5) is 2.31. The minimum Gasteiger partial charge on any atom is -0.504 e. The van der Waals surface area contributed by atoms with Crippen molar-refractivity contribution in [2.75, 3.05) is 25.1 Å². The van der Waals surface area contributed by atoms with E-state index in [0.29, 0.717) is 5.75 Å². The quantitative estimate of drug-likeness (QED) is 0.779. The van der Waals surface area contributed by atoms with Gasteiger partial charge in [-0.2, -0.15) is 0 Å². The van der Waals surface area contributed by atoms with Crippen LogP contribution in [-0.4, -0.2) is 25.3 Å². The predicted molar refractivity (Wildman–Crippen MR) is 56.1 cm³/mol. The molecule has 0 aliphatic carbocycles. The van der Waals surface area contributed by atoms with Gasteiger partial charge in [0.25, 0.3) is 0 Å². The lowest BCUT2D eigenvalue weighted by atomic mass is 10.2. The molecule has 1 aliphatic rings. The Bertz CT molecular complexity index is 319. The lowest BCUT2D eigenvalue weighted by Crippen LogP contribution is -2.17. The smallest absolute Gasteiger partial charge is 0.162 e. The normalized spacial score (nSPS) is 15.9. The van der Waals surface area contributed by atoms with Crippen molar-refractivity contribution in [3.63, 3.8) is 0 Å². The van der Waals surface area contributed by atoms with E-state index in [2.05, 4.69) is 4.90 Å². The summed E-state index contributed by atoms with van der Waals surface area (Å²) in [7, 11) is 1.57. The molecule has 2 rings (SSSR count). The van der Waals surface area contributed by atoms with Crippen molar-refractivity contribution < 1.29 is 9.84 Å². The summed E-state index contributed by atoms with van der Waals surface area (Å²) in [6.07, 6.45) is 2.51. The lowest BCUT2D eigenvalue weighted by Gasteiger charge is -2.18. The summed E-state index contributed by atoms with van der Waals surface area (Å²) in [5, 5.41) is 9.43. The van der Waals surface area contributed by atoms with E-state index >= 15 is 0 Å². The number of ether oxygens (including phenoxy) is 1. The van der Waals surface area contributed by atoms with Crippen molar-refractivity contribution in [1.29, 1.82) is 0 Å². The molecule has 3 heteroatoms. The Kier molecular flexibility index (Phi) is 2.48. The molecule has 1 fully saturated rings. The average molecular weight is 193 g/mol. The van der Waals surface area contributed by atoms with Gasteiger partial charge in [0.2, 0.25) is 0 Å². The maximum absolute atomic E-state index is 9.43. The number of aromatic hydroxyl groups is 1. The first kappa shape index (κ1) is 9.19. The Labute approximate surface area is 83.9 Å². The number of phenolic OH excluding ortho intramolecular Hbond substituents is 1. The van der Waals surface area contributed by atoms with Gasteiger partial charge in [-0.05, 0) is 25.0 Å². The van der Waals surface area contributed by atoms with Gasteiger partial charge < -0.3 is 14.7 Å². The molecule has 0 amide bonds. The maximum Gasteiger partial charge on any atom is 0.162 e. The minimum absolute atomic E-state index is 0.204. The van der Waals surface area contributed by atoms with Gasteiger partial charge >= 0.3 is 0 Å². The first-order chi connectivity index (χ1) is 6.81. The van der Waals surface area contributed by atoms with Gasteiger partial charge in [0.1, 0.15) is 0 Å². The van der Waals surface area contributed by atoms with Crippen molar-refractivity contribution in [3.8, 4) is 11.5 Å². The number of hydrogen-bond donors (Lipinski definition) is 1. The fourth-order valence-electron chi connectivity index (χ4n) is 1.84. The van der Waals surface area contributed by atoms with Crippen LogP contribution in [0, 0.1) is 0 Å². The van der Waals surface area contributed by atoms with Crippen molar-refractivity contribution in [2.24, 2.45) is 0 Å². The van der Waals surface area contributed by atoms with E-state index in [4.69, 9.17) is 4.74 Å². The molecule has 1 heterocycles. The van der Waals surface area contributed by atoms with E-state index in [0.717, 1.165) is 18.8 Å². The summed E-state index contributed by atoms with van der Waals surface area (Å²) in [5.41, 5.74) is 1.14. The minimum atomic E-state index is 0.204. The monoisotopic (exact) mass is 193 g/mol. The number of benzene rings is 1. The molecule has 0 bridgehead atoms. The first-order valence-corrected chi connectivity index (χ1v) is 4.93. The van der Waals surface area contributed by atoms with Gasteiger partial charge in [0.05, 0.1) is 7.11 Å². The molecule has 0 saturated carbocycles. The van der Waals surface area contributed by atoms with Gasteiger partial charge in [-0.25, -0.2) is 0 Å². The zero-order valence-electron chi connectivity index (χ0n) is 8.36. The summed E-state index contributed by atoms with van der Waals surface area (Å²) in [5.74, 6) is 0.754. The molecule has 1 aliphatic heterocycles. The summed E-state index contributed by atoms with van der Waals surface area (Å²) in [6.45, 7) is 2.21. The number of rotatable bonds is 2. The van der Waals surface area contributed by atoms with Crippen LogP contribution in [0.4, 0.5) is 5.69 Å². The van der Waals surface area contributed by atoms with Crippen LogP contribution in [0.1, 0.15) is 12.8 Å². The Balaban J connectivity index is 2.25. The molecule has 14 heavy (non-hydrogen) atoms. The van der Waals surface area contributed by atoms with Crippen LogP contribution >= 0.6 is 0 Å². The Morgan fingerprint density at radius 2 is 2.00 bits per heavy atom. The van der Waals surface area contributed by atoms with Crippen LogP contribution in [0.5, 0.6) is 11.5 Å². The number of methoxy groups -OCH3 is 1. The van der Waals surface area contributed by atoms with E-state index < -0.39 is 0 Å². The molecule has 0 radical (unpaired) electrons. The van der Waals surface area contributed by atoms with Crippen LogP contribution in [-0.2, 0) is 0 Å². The fourth-order valence-corrected chi connectivity index (χ4v) is 1.84. The second kappa shape index (κ2) is 3.78. The maximum atomic E-state index is 9.43. The van der Waals surface area contributed by atoms with E-state index in [1.807, 2.05) is 12.1 Å². The van der Waals surface area contributed by atoms with Gasteiger partial charge in [-0.15, -0.1) is 0 Å². The third-order valence-corrected chi connectivity index (χ3v) is 2.63. The molecule has 76 valence electrons. The Morgan fingerprint density at radius 3 is 2.64 bits per heavy atom. The molecule has 0 aromatic heterocycles. The summed E-state index contributed by atoms with van der Waals surface area (Å²) < 4.78 is 5.07. The topological polar surface area (TPSA) is 32.7 Å². The largest absolute Gasteiger partial charge is 0.504 e. The van der Waals surface area contributed by atoms with Crippen LogP contribution in [0.3, 0.4) is 0 Å². The molecule has 1 aromatic rings. The highest BCUT2D eigenvalue weighted by Gasteiger charge is 2.13. The molecule has 0 unspecified atom stereocenters. The second-order valence-corrected chi connectivity index (χ2v) is 3.55. The van der Waals surface area contributed by atoms with E-state index in [-0.39, 0.29) is 5.75 Å².